The zero-order valence-electron chi connectivity index (χ0n) is 6.26. The molecule has 0 bridgehead atoms. The highest BCUT2D eigenvalue weighted by molar-refractivity contribution is 5.80. The second-order valence-electron chi connectivity index (χ2n) is 2.97. The van der Waals surface area contributed by atoms with Crippen LogP contribution < -0.4 is 0 Å². The fourth-order valence-corrected chi connectivity index (χ4v) is 0.947. The van der Waals surface area contributed by atoms with Crippen molar-refractivity contribution >= 4 is 5.97 Å². The molecule has 0 aromatic heterocycles. The van der Waals surface area contributed by atoms with Gasteiger partial charge in [-0.15, -0.1) is 0 Å². The third-order valence-electron chi connectivity index (χ3n) is 1.56. The Balaban J connectivity index is 2.45. The average molecular weight is 144 g/mol. The minimum atomic E-state index is -0.818. The van der Waals surface area contributed by atoms with Gasteiger partial charge in [-0.25, -0.2) is 4.79 Å². The predicted molar refractivity (Wildman–Crippen MR) is 35.8 cm³/mol. The van der Waals surface area contributed by atoms with Crippen molar-refractivity contribution in [3.63, 3.8) is 0 Å². The normalized spacial score (nSPS) is 21.1. The van der Waals surface area contributed by atoms with Crippen LogP contribution in [-0.2, 0) is 9.53 Å². The molecule has 0 amide bonds. The van der Waals surface area contributed by atoms with Gasteiger partial charge in [0.25, 0.3) is 0 Å². The highest BCUT2D eigenvalue weighted by Crippen LogP contribution is 2.40. The van der Waals surface area contributed by atoms with E-state index in [9.17, 15) is 4.79 Å². The molecule has 0 atom stereocenters. The van der Waals surface area contributed by atoms with E-state index in [1.54, 1.807) is 0 Å². The van der Waals surface area contributed by atoms with Gasteiger partial charge in [-0.05, 0) is 26.7 Å². The van der Waals surface area contributed by atoms with E-state index in [2.05, 4.69) is 0 Å². The first-order chi connectivity index (χ1) is 4.57. The van der Waals surface area contributed by atoms with E-state index in [4.69, 9.17) is 9.84 Å². The number of hydrogen-bond acceptors (Lipinski definition) is 2. The lowest BCUT2D eigenvalue weighted by Gasteiger charge is -2.13. The number of rotatable bonds is 3. The fraction of sp³-hybridized carbons (Fsp3) is 0.857. The second kappa shape index (κ2) is 2.23. The van der Waals surface area contributed by atoms with E-state index in [0.29, 0.717) is 12.8 Å². The number of carboxylic acids is 1. The van der Waals surface area contributed by atoms with E-state index in [-0.39, 0.29) is 6.10 Å². The quantitative estimate of drug-likeness (QED) is 0.643. The first kappa shape index (κ1) is 7.54. The Morgan fingerprint density at radius 3 is 2.20 bits per heavy atom. The fourth-order valence-electron chi connectivity index (χ4n) is 0.947. The van der Waals surface area contributed by atoms with Crippen molar-refractivity contribution in [1.29, 1.82) is 0 Å². The van der Waals surface area contributed by atoms with Gasteiger partial charge in [0, 0.05) is 0 Å². The maximum atomic E-state index is 10.5. The molecule has 1 aliphatic rings. The maximum absolute atomic E-state index is 10.5. The second-order valence-corrected chi connectivity index (χ2v) is 2.97. The molecule has 0 spiro atoms. The van der Waals surface area contributed by atoms with Gasteiger partial charge in [0.05, 0.1) is 6.10 Å². The molecule has 3 nitrogen and oxygen atoms in total. The van der Waals surface area contributed by atoms with Gasteiger partial charge in [0.1, 0.15) is 0 Å². The van der Waals surface area contributed by atoms with Crippen molar-refractivity contribution in [3.8, 4) is 0 Å². The molecule has 0 aromatic rings. The number of ether oxygens (including phenoxy) is 1. The Hall–Kier alpha value is -0.570. The molecule has 0 aromatic carbocycles. The van der Waals surface area contributed by atoms with E-state index in [0.717, 1.165) is 0 Å². The molecule has 1 saturated carbocycles. The molecule has 0 radical (unpaired) electrons. The monoisotopic (exact) mass is 144 g/mol. The van der Waals surface area contributed by atoms with Crippen LogP contribution in [0.4, 0.5) is 0 Å². The lowest BCUT2D eigenvalue weighted by Crippen LogP contribution is -2.28. The smallest absolute Gasteiger partial charge is 0.335 e. The Labute approximate surface area is 60.0 Å². The Kier molecular flexibility index (Phi) is 1.68. The summed E-state index contributed by atoms with van der Waals surface area (Å²) in [7, 11) is 0. The van der Waals surface area contributed by atoms with Crippen LogP contribution in [0.25, 0.3) is 0 Å². The lowest BCUT2D eigenvalue weighted by atomic mass is 10.3. The first-order valence-corrected chi connectivity index (χ1v) is 3.48. The molecule has 1 aliphatic carbocycles. The van der Waals surface area contributed by atoms with Gasteiger partial charge < -0.3 is 9.84 Å². The van der Waals surface area contributed by atoms with E-state index >= 15 is 0 Å². The molecular formula is C7H12O3. The van der Waals surface area contributed by atoms with Crippen LogP contribution in [0, 0.1) is 0 Å². The lowest BCUT2D eigenvalue weighted by molar-refractivity contribution is -0.156. The summed E-state index contributed by atoms with van der Waals surface area (Å²) in [5.74, 6) is -0.818. The summed E-state index contributed by atoms with van der Waals surface area (Å²) in [6.07, 6.45) is 1.35. The van der Waals surface area contributed by atoms with Crippen molar-refractivity contribution in [2.24, 2.45) is 0 Å². The molecule has 0 saturated heterocycles. The molecule has 0 aliphatic heterocycles. The Morgan fingerprint density at radius 1 is 1.60 bits per heavy atom. The van der Waals surface area contributed by atoms with Crippen molar-refractivity contribution in [2.75, 3.05) is 0 Å². The van der Waals surface area contributed by atoms with Gasteiger partial charge in [-0.3, -0.25) is 0 Å². The van der Waals surface area contributed by atoms with Crippen molar-refractivity contribution in [1.82, 2.24) is 0 Å². The highest BCUT2D eigenvalue weighted by atomic mass is 16.5. The van der Waals surface area contributed by atoms with Gasteiger partial charge in [0.2, 0.25) is 0 Å². The predicted octanol–water partition coefficient (Wildman–Crippen LogP) is 1.03. The van der Waals surface area contributed by atoms with Crippen LogP contribution in [0.3, 0.4) is 0 Å². The molecular weight excluding hydrogens is 132 g/mol. The zero-order valence-corrected chi connectivity index (χ0v) is 6.26. The summed E-state index contributed by atoms with van der Waals surface area (Å²) >= 11 is 0. The molecule has 1 rings (SSSR count). The third kappa shape index (κ3) is 1.29. The van der Waals surface area contributed by atoms with Crippen LogP contribution in [0.2, 0.25) is 0 Å². The van der Waals surface area contributed by atoms with Crippen molar-refractivity contribution in [2.45, 2.75) is 38.4 Å². The topological polar surface area (TPSA) is 46.5 Å². The van der Waals surface area contributed by atoms with E-state index in [1.165, 1.54) is 0 Å². The number of carboxylic acid groups (broad SMARTS) is 1. The van der Waals surface area contributed by atoms with Crippen LogP contribution in [0.1, 0.15) is 26.7 Å². The summed E-state index contributed by atoms with van der Waals surface area (Å²) in [5.41, 5.74) is -0.811. The summed E-state index contributed by atoms with van der Waals surface area (Å²) in [6, 6.07) is 0. The van der Waals surface area contributed by atoms with Crippen molar-refractivity contribution < 1.29 is 14.6 Å². The van der Waals surface area contributed by atoms with E-state index in [1.807, 2.05) is 13.8 Å². The van der Waals surface area contributed by atoms with Gasteiger partial charge in [0.15, 0.2) is 5.60 Å². The highest BCUT2D eigenvalue weighted by Gasteiger charge is 2.52. The molecule has 0 heterocycles. The van der Waals surface area contributed by atoms with Gasteiger partial charge in [-0.2, -0.15) is 0 Å². The largest absolute Gasteiger partial charge is 0.479 e. The molecule has 1 N–H and O–H groups in total. The Bertz CT molecular complexity index is 147. The summed E-state index contributed by atoms with van der Waals surface area (Å²) in [6.45, 7) is 3.70. The molecule has 58 valence electrons. The number of carbonyl (C=O) groups is 1. The maximum Gasteiger partial charge on any atom is 0.335 e. The van der Waals surface area contributed by atoms with Gasteiger partial charge >= 0.3 is 5.97 Å². The average Bonchev–Trinajstić information content (AvgIpc) is 2.46. The van der Waals surface area contributed by atoms with E-state index < -0.39 is 11.6 Å². The van der Waals surface area contributed by atoms with Crippen LogP contribution >= 0.6 is 0 Å². The number of aliphatic carboxylic acids is 1. The standard InChI is InChI=1S/C7H12O3/c1-5(2)10-7(3-4-7)6(8)9/h5H,3-4H2,1-2H3,(H,8,9). The SMILES string of the molecule is CC(C)OC1(C(=O)O)CC1. The van der Waals surface area contributed by atoms with Crippen LogP contribution in [0.5, 0.6) is 0 Å². The third-order valence-corrected chi connectivity index (χ3v) is 1.56. The van der Waals surface area contributed by atoms with Gasteiger partial charge in [-0.1, -0.05) is 0 Å². The summed E-state index contributed by atoms with van der Waals surface area (Å²) in [5, 5.41) is 8.63. The summed E-state index contributed by atoms with van der Waals surface area (Å²) < 4.78 is 5.21. The molecule has 3 heteroatoms. The molecule has 10 heavy (non-hydrogen) atoms. The zero-order chi connectivity index (χ0) is 7.78. The summed E-state index contributed by atoms with van der Waals surface area (Å²) in [4.78, 5) is 10.5. The number of hydrogen-bond donors (Lipinski definition) is 1. The Morgan fingerprint density at radius 2 is 2.10 bits per heavy atom. The minimum absolute atomic E-state index is 0.0126. The minimum Gasteiger partial charge on any atom is -0.479 e. The molecule has 0 unspecified atom stereocenters. The van der Waals surface area contributed by atoms with Crippen LogP contribution in [-0.4, -0.2) is 22.8 Å². The van der Waals surface area contributed by atoms with Crippen molar-refractivity contribution in [3.05, 3.63) is 0 Å². The first-order valence-electron chi connectivity index (χ1n) is 3.48. The molecule has 1 fully saturated rings. The van der Waals surface area contributed by atoms with Crippen LogP contribution in [0.15, 0.2) is 0 Å².